The molecule has 2 aromatic heterocycles. The molecule has 12 heteroatoms. The van der Waals surface area contributed by atoms with E-state index >= 15 is 0 Å². The summed E-state index contributed by atoms with van der Waals surface area (Å²) in [5.74, 6) is -0.426. The third-order valence-electron chi connectivity index (χ3n) is 3.58. The highest BCUT2D eigenvalue weighted by Gasteiger charge is 2.16. The van der Waals surface area contributed by atoms with Crippen LogP contribution in [0.25, 0.3) is 11.0 Å². The highest BCUT2D eigenvalue weighted by Crippen LogP contribution is 2.34. The van der Waals surface area contributed by atoms with E-state index in [-0.39, 0.29) is 18.9 Å². The minimum Gasteiger partial charge on any atom is -0.483 e. The molecule has 0 spiro atoms. The molecule has 0 aliphatic rings. The van der Waals surface area contributed by atoms with Crippen LogP contribution in [0.15, 0.2) is 41.1 Å². The predicted molar refractivity (Wildman–Crippen MR) is 102 cm³/mol. The normalized spacial score (nSPS) is 12.1. The average molecular weight is 445 g/mol. The zero-order valence-electron chi connectivity index (χ0n) is 15.0. The number of carbonyl (C=O) groups is 1. The zero-order chi connectivity index (χ0) is 21.6. The smallest absolute Gasteiger partial charge is 0.394 e. The second kappa shape index (κ2) is 9.65. The van der Waals surface area contributed by atoms with Gasteiger partial charge in [-0.3, -0.25) is 18.9 Å². The molecule has 2 heterocycles. The van der Waals surface area contributed by atoms with E-state index in [0.717, 1.165) is 5.69 Å². The van der Waals surface area contributed by atoms with E-state index in [1.54, 1.807) is 18.3 Å². The summed E-state index contributed by atoms with van der Waals surface area (Å²) in [5.41, 5.74) is 1.86. The third-order valence-corrected chi connectivity index (χ3v) is 3.88. The summed E-state index contributed by atoms with van der Waals surface area (Å²) in [6.45, 7) is 1.88. The molecule has 3 aromatic rings. The third kappa shape index (κ3) is 7.31. The Bertz CT molecular complexity index is 1080. The number of carboxylic acid groups (broad SMARTS) is 1. The van der Waals surface area contributed by atoms with Crippen molar-refractivity contribution in [3.63, 3.8) is 0 Å². The van der Waals surface area contributed by atoms with Gasteiger partial charge in [0.05, 0.1) is 22.8 Å². The number of carboxylic acids is 1. The van der Waals surface area contributed by atoms with Crippen LogP contribution in [0, 0.1) is 0 Å². The lowest BCUT2D eigenvalue weighted by atomic mass is 10.1. The van der Waals surface area contributed by atoms with Crippen molar-refractivity contribution in [2.24, 2.45) is 0 Å². The Kier molecular flexibility index (Phi) is 7.51. The summed E-state index contributed by atoms with van der Waals surface area (Å²) >= 11 is 6.30. The molecule has 0 aliphatic heterocycles. The molecular weight excluding hydrogens is 428 g/mol. The van der Waals surface area contributed by atoms with Crippen molar-refractivity contribution in [1.82, 2.24) is 10.1 Å². The Hall–Kier alpha value is -2.73. The maximum absolute atomic E-state index is 10.7. The van der Waals surface area contributed by atoms with Gasteiger partial charge in [0.2, 0.25) is 0 Å². The number of pyridine rings is 1. The lowest BCUT2D eigenvalue weighted by Gasteiger charge is -2.15. The molecule has 10 nitrogen and oxygen atoms in total. The maximum Gasteiger partial charge on any atom is 0.394 e. The zero-order valence-corrected chi connectivity index (χ0v) is 16.6. The average Bonchev–Trinajstić information content (AvgIpc) is 3.01. The number of halogens is 1. The topological polar surface area (TPSA) is 160 Å². The molecule has 3 N–H and O–H groups in total. The van der Waals surface area contributed by atoms with Crippen molar-refractivity contribution in [2.45, 2.75) is 25.9 Å². The number of aliphatic carboxylic acids is 1. The summed E-state index contributed by atoms with van der Waals surface area (Å²) in [6, 6.07) is 8.94. The lowest BCUT2D eigenvalue weighted by Crippen LogP contribution is -2.05. The fraction of sp³-hybridized carbons (Fsp3) is 0.235. The molecule has 156 valence electrons. The van der Waals surface area contributed by atoms with Gasteiger partial charge >= 0.3 is 16.4 Å². The van der Waals surface area contributed by atoms with E-state index in [9.17, 15) is 4.79 Å². The highest BCUT2D eigenvalue weighted by molar-refractivity contribution is 7.79. The molecule has 0 saturated heterocycles. The fourth-order valence-corrected chi connectivity index (χ4v) is 2.56. The quantitative estimate of drug-likeness (QED) is 0.480. The fourth-order valence-electron chi connectivity index (χ4n) is 2.35. The molecule has 29 heavy (non-hydrogen) atoms. The summed E-state index contributed by atoms with van der Waals surface area (Å²) in [5, 5.41) is 13.8. The molecule has 1 atom stereocenters. The number of aromatic nitrogens is 2. The molecule has 0 radical (unpaired) electrons. The van der Waals surface area contributed by atoms with Crippen molar-refractivity contribution in [1.29, 1.82) is 0 Å². The van der Waals surface area contributed by atoms with Gasteiger partial charge in [-0.15, -0.1) is 0 Å². The van der Waals surface area contributed by atoms with Crippen LogP contribution in [0.4, 0.5) is 0 Å². The molecule has 1 unspecified atom stereocenters. The van der Waals surface area contributed by atoms with Crippen LogP contribution >= 0.6 is 11.6 Å². The minimum atomic E-state index is -4.67. The molecular formula is C17H17ClN2O8S. The van der Waals surface area contributed by atoms with Crippen molar-refractivity contribution in [2.75, 3.05) is 0 Å². The SMILES string of the molecule is CC(Oc1cc2onc(CCC(=O)O)c2cc1Cl)c1ccccn1.O=S(=O)(O)O. The Balaban J connectivity index is 0.000000537. The van der Waals surface area contributed by atoms with Crippen LogP contribution in [-0.2, 0) is 21.6 Å². The second-order valence-electron chi connectivity index (χ2n) is 5.76. The van der Waals surface area contributed by atoms with Gasteiger partial charge in [-0.25, -0.2) is 0 Å². The van der Waals surface area contributed by atoms with Crippen LogP contribution in [-0.4, -0.2) is 38.7 Å². The van der Waals surface area contributed by atoms with Crippen molar-refractivity contribution < 1.29 is 36.7 Å². The number of fused-ring (bicyclic) bond motifs is 1. The number of nitrogens with zero attached hydrogens (tertiary/aromatic N) is 2. The molecule has 1 aromatic carbocycles. The lowest BCUT2D eigenvalue weighted by molar-refractivity contribution is -0.136. The van der Waals surface area contributed by atoms with Crippen LogP contribution in [0.5, 0.6) is 5.75 Å². The van der Waals surface area contributed by atoms with Crippen LogP contribution in [0.2, 0.25) is 5.02 Å². The first-order chi connectivity index (χ1) is 13.5. The van der Waals surface area contributed by atoms with Crippen LogP contribution in [0.1, 0.15) is 30.8 Å². The molecule has 3 rings (SSSR count). The Morgan fingerprint density at radius 2 is 2.00 bits per heavy atom. The van der Waals surface area contributed by atoms with Crippen LogP contribution in [0.3, 0.4) is 0 Å². The summed E-state index contributed by atoms with van der Waals surface area (Å²) in [4.78, 5) is 14.9. The van der Waals surface area contributed by atoms with Gasteiger partial charge in [-0.1, -0.05) is 22.8 Å². The van der Waals surface area contributed by atoms with Gasteiger partial charge in [0.25, 0.3) is 0 Å². The van der Waals surface area contributed by atoms with E-state index in [0.29, 0.717) is 27.4 Å². The molecule has 0 bridgehead atoms. The van der Waals surface area contributed by atoms with Crippen LogP contribution < -0.4 is 4.74 Å². The first kappa shape index (κ1) is 22.6. The summed E-state index contributed by atoms with van der Waals surface area (Å²) in [6.07, 6.45) is 1.68. The molecule has 0 saturated carbocycles. The number of ether oxygens (including phenoxy) is 1. The number of rotatable bonds is 6. The first-order valence-electron chi connectivity index (χ1n) is 8.11. The van der Waals surface area contributed by atoms with E-state index < -0.39 is 16.4 Å². The minimum absolute atomic E-state index is 0.0196. The molecule has 0 aliphatic carbocycles. The van der Waals surface area contributed by atoms with Crippen molar-refractivity contribution in [3.05, 3.63) is 52.9 Å². The van der Waals surface area contributed by atoms with Gasteiger partial charge in [0, 0.05) is 24.1 Å². The van der Waals surface area contributed by atoms with Crippen molar-refractivity contribution >= 4 is 38.9 Å². The molecule has 0 amide bonds. The number of aryl methyl sites for hydroxylation is 1. The van der Waals surface area contributed by atoms with E-state index in [1.807, 2.05) is 25.1 Å². The van der Waals surface area contributed by atoms with Gasteiger partial charge in [-0.2, -0.15) is 8.42 Å². The van der Waals surface area contributed by atoms with E-state index in [1.165, 1.54) is 0 Å². The van der Waals surface area contributed by atoms with E-state index in [2.05, 4.69) is 10.1 Å². The summed E-state index contributed by atoms with van der Waals surface area (Å²) in [7, 11) is -4.67. The van der Waals surface area contributed by atoms with Gasteiger partial charge in [0.1, 0.15) is 11.9 Å². The maximum atomic E-state index is 10.7. The Morgan fingerprint density at radius 1 is 1.31 bits per heavy atom. The second-order valence-corrected chi connectivity index (χ2v) is 7.07. The molecule has 0 fully saturated rings. The monoisotopic (exact) mass is 444 g/mol. The highest BCUT2D eigenvalue weighted by atomic mass is 35.5. The van der Waals surface area contributed by atoms with E-state index in [4.69, 9.17) is 43.5 Å². The number of hydrogen-bond donors (Lipinski definition) is 3. The Morgan fingerprint density at radius 3 is 2.59 bits per heavy atom. The van der Waals surface area contributed by atoms with Gasteiger partial charge in [-0.05, 0) is 25.1 Å². The van der Waals surface area contributed by atoms with Crippen molar-refractivity contribution in [3.8, 4) is 5.75 Å². The largest absolute Gasteiger partial charge is 0.483 e. The number of hydrogen-bond acceptors (Lipinski definition) is 7. The standard InChI is InChI=1S/C17H15ClN2O4.H2O4S/c1-10(13-4-2-3-7-19-13)23-16-9-15-11(8-12(16)18)14(20-24-15)5-6-17(21)22;1-5(2,3)4/h2-4,7-10H,5-6H2,1H3,(H,21,22);(H2,1,2,3,4). The summed E-state index contributed by atoms with van der Waals surface area (Å²) < 4.78 is 42.7. The van der Waals surface area contributed by atoms with Gasteiger partial charge < -0.3 is 14.4 Å². The number of benzene rings is 1. The first-order valence-corrected chi connectivity index (χ1v) is 9.89. The van der Waals surface area contributed by atoms with Gasteiger partial charge in [0.15, 0.2) is 5.58 Å². The predicted octanol–water partition coefficient (Wildman–Crippen LogP) is 3.38. The Labute approximate surface area is 170 Å².